The van der Waals surface area contributed by atoms with E-state index in [4.69, 9.17) is 23.1 Å². The van der Waals surface area contributed by atoms with Gasteiger partial charge in [-0.05, 0) is 116 Å². The first-order valence-corrected chi connectivity index (χ1v) is 20.3. The molecule has 57 heavy (non-hydrogen) atoms. The van der Waals surface area contributed by atoms with Gasteiger partial charge in [0.05, 0.1) is 0 Å². The van der Waals surface area contributed by atoms with Crippen molar-refractivity contribution in [2.45, 2.75) is 93.7 Å². The van der Waals surface area contributed by atoms with Gasteiger partial charge in [-0.25, -0.2) is 9.59 Å². The van der Waals surface area contributed by atoms with Gasteiger partial charge in [0.2, 0.25) is 11.8 Å². The zero-order valence-corrected chi connectivity index (χ0v) is 32.8. The van der Waals surface area contributed by atoms with Gasteiger partial charge in [-0.15, -0.1) is 0 Å². The Morgan fingerprint density at radius 1 is 0.807 bits per heavy atom. The molecule has 3 aliphatic carbocycles. The second-order valence-corrected chi connectivity index (χ2v) is 16.2. The van der Waals surface area contributed by atoms with Gasteiger partial charge in [0.25, 0.3) is 0 Å². The van der Waals surface area contributed by atoms with Crippen LogP contribution >= 0.6 is 12.2 Å². The number of benzene rings is 3. The highest BCUT2D eigenvalue weighted by atomic mass is 32.1. The summed E-state index contributed by atoms with van der Waals surface area (Å²) in [5, 5.41) is 38.2. The number of aliphatic carboxylic acids is 2. The van der Waals surface area contributed by atoms with Crippen molar-refractivity contribution in [3.8, 4) is 0 Å². The number of anilines is 1. The number of urea groups is 1. The third kappa shape index (κ3) is 11.0. The first kappa shape index (κ1) is 41.4. The summed E-state index contributed by atoms with van der Waals surface area (Å²) < 4.78 is 0. The number of carbonyl (C=O) groups excluding carboxylic acids is 3. The fourth-order valence-corrected chi connectivity index (χ4v) is 7.98. The lowest BCUT2D eigenvalue weighted by Crippen LogP contribution is -2.50. The lowest BCUT2D eigenvalue weighted by Gasteiger charge is -2.20. The zero-order valence-electron chi connectivity index (χ0n) is 32.0. The van der Waals surface area contributed by atoms with Crippen LogP contribution in [0.2, 0.25) is 0 Å². The molecule has 3 fully saturated rings. The number of carboxylic acids is 2. The fraction of sp³-hybridized carbons (Fsp3) is 0.476. The molecular formula is C42H53N7O7S. The number of carboxylic acid groups (broad SMARTS) is 2. The van der Waals surface area contributed by atoms with Crippen LogP contribution in [0.5, 0.6) is 0 Å². The van der Waals surface area contributed by atoms with Gasteiger partial charge in [-0.3, -0.25) is 14.4 Å². The van der Waals surface area contributed by atoms with Gasteiger partial charge in [-0.1, -0.05) is 61.0 Å². The minimum absolute atomic E-state index is 0.198. The average molecular weight is 800 g/mol. The Labute approximate surface area is 337 Å². The van der Waals surface area contributed by atoms with Crippen molar-refractivity contribution < 1.29 is 34.2 Å². The molecule has 0 spiro atoms. The molecule has 6 rings (SSSR count). The van der Waals surface area contributed by atoms with E-state index in [2.05, 4.69) is 50.1 Å². The van der Waals surface area contributed by atoms with E-state index in [1.807, 2.05) is 48.5 Å². The van der Waals surface area contributed by atoms with Gasteiger partial charge in [-0.2, -0.15) is 0 Å². The van der Waals surface area contributed by atoms with Gasteiger partial charge in [0, 0.05) is 37.2 Å². The second-order valence-electron chi connectivity index (χ2n) is 15.8. The van der Waals surface area contributed by atoms with Crippen LogP contribution < -0.4 is 37.6 Å². The van der Waals surface area contributed by atoms with Gasteiger partial charge in [0.1, 0.15) is 17.6 Å². The molecule has 3 saturated carbocycles. The van der Waals surface area contributed by atoms with Crippen molar-refractivity contribution in [3.05, 3.63) is 77.9 Å². The molecule has 4 unspecified atom stereocenters. The lowest BCUT2D eigenvalue weighted by atomic mass is 10.0. The van der Waals surface area contributed by atoms with Crippen LogP contribution in [-0.4, -0.2) is 81.9 Å². The standard InChI is InChI=1S/C42H53N7O7S/c43-34(28-14-15-28)21-26-11-17-32(18-12-26)47-40(57)45-19-5-1-2-10-35(50)48-42(24-33(42)30-16-13-27-7-3-4-8-29(27)22-30)37(53)44-20-6-9-31-23-41(31,38(54)55)49-39(56)46-25-36(51)52/h3-4,7-8,11-13,16-18,22,28,31,33-34H,1-2,5-6,9-10,14-15,19-21,23-25,43H2,(H,44,53)(H,48,50)(H,51,52)(H,54,55)(H2,45,47,57)(H2,46,49,56)/t31?,33?,34?,41?,42-/m1/s1. The monoisotopic (exact) mass is 799 g/mol. The van der Waals surface area contributed by atoms with E-state index in [-0.39, 0.29) is 49.1 Å². The van der Waals surface area contributed by atoms with Gasteiger partial charge >= 0.3 is 18.0 Å². The molecule has 14 nitrogen and oxygen atoms in total. The number of fused-ring (bicyclic) bond motifs is 1. The molecule has 0 aromatic heterocycles. The molecule has 10 N–H and O–H groups in total. The molecule has 0 bridgehead atoms. The molecule has 15 heteroatoms. The molecular weight excluding hydrogens is 747 g/mol. The molecule has 4 amide bonds. The molecule has 0 radical (unpaired) electrons. The molecule has 304 valence electrons. The smallest absolute Gasteiger partial charge is 0.329 e. The number of nitrogens with two attached hydrogens (primary N) is 1. The molecule has 0 heterocycles. The molecule has 3 aromatic rings. The van der Waals surface area contributed by atoms with Crippen molar-refractivity contribution in [2.75, 3.05) is 25.0 Å². The first-order chi connectivity index (χ1) is 27.4. The summed E-state index contributed by atoms with van der Waals surface area (Å²) in [6, 6.07) is 21.6. The molecule has 3 aliphatic rings. The van der Waals surface area contributed by atoms with Crippen LogP contribution in [0.4, 0.5) is 10.5 Å². The number of amides is 4. The van der Waals surface area contributed by atoms with Crippen molar-refractivity contribution in [3.63, 3.8) is 0 Å². The third-order valence-corrected chi connectivity index (χ3v) is 11.7. The normalized spacial score (nSPS) is 22.4. The number of rotatable bonds is 21. The number of thiocarbonyl (C=S) groups is 1. The predicted octanol–water partition coefficient (Wildman–Crippen LogP) is 4.13. The highest BCUT2D eigenvalue weighted by molar-refractivity contribution is 7.80. The van der Waals surface area contributed by atoms with E-state index in [0.29, 0.717) is 43.3 Å². The third-order valence-electron chi connectivity index (χ3n) is 11.4. The molecule has 5 atom stereocenters. The van der Waals surface area contributed by atoms with Crippen LogP contribution in [0, 0.1) is 11.8 Å². The summed E-state index contributed by atoms with van der Waals surface area (Å²) in [7, 11) is 0. The SMILES string of the molecule is NC(Cc1ccc(NC(=S)NCCCCCC(=O)N[C@]2(C(=O)NCCCC3CC3(NC(=O)NCC(=O)O)C(=O)O)CC2c2ccc3ccccc3c2)cc1)C1CC1. The minimum atomic E-state index is -1.48. The zero-order chi connectivity index (χ0) is 40.6. The van der Waals surface area contributed by atoms with Crippen LogP contribution in [0.1, 0.15) is 81.3 Å². The Kier molecular flexibility index (Phi) is 13.3. The van der Waals surface area contributed by atoms with E-state index < -0.39 is 35.6 Å². The fourth-order valence-electron chi connectivity index (χ4n) is 7.76. The Morgan fingerprint density at radius 3 is 2.26 bits per heavy atom. The molecule has 0 saturated heterocycles. The largest absolute Gasteiger partial charge is 0.480 e. The summed E-state index contributed by atoms with van der Waals surface area (Å²) in [5.74, 6) is -2.85. The van der Waals surface area contributed by atoms with E-state index in [1.165, 1.54) is 18.4 Å². The Bertz CT molecular complexity index is 1980. The predicted molar refractivity (Wildman–Crippen MR) is 221 cm³/mol. The number of unbranched alkanes of at least 4 members (excludes halogenated alkanes) is 2. The maximum atomic E-state index is 13.8. The van der Waals surface area contributed by atoms with Crippen molar-refractivity contribution in [1.82, 2.24) is 26.6 Å². The maximum Gasteiger partial charge on any atom is 0.329 e. The lowest BCUT2D eigenvalue weighted by molar-refractivity contribution is -0.141. The average Bonchev–Trinajstić information content (AvgIpc) is 4.09. The topological polar surface area (TPSA) is 224 Å². The quantitative estimate of drug-likeness (QED) is 0.0551. The van der Waals surface area contributed by atoms with Crippen LogP contribution in [0.15, 0.2) is 66.7 Å². The Hall–Kier alpha value is -5.28. The number of nitrogens with one attached hydrogen (secondary N) is 6. The summed E-state index contributed by atoms with van der Waals surface area (Å²) in [6.07, 6.45) is 7.38. The Morgan fingerprint density at radius 2 is 1.54 bits per heavy atom. The van der Waals surface area contributed by atoms with Crippen LogP contribution in [0.25, 0.3) is 10.8 Å². The van der Waals surface area contributed by atoms with E-state index in [9.17, 15) is 29.1 Å². The van der Waals surface area contributed by atoms with Crippen molar-refractivity contribution in [1.29, 1.82) is 0 Å². The van der Waals surface area contributed by atoms with Gasteiger partial charge in [0.15, 0.2) is 5.11 Å². The van der Waals surface area contributed by atoms with Crippen molar-refractivity contribution >= 4 is 63.6 Å². The highest BCUT2D eigenvalue weighted by Gasteiger charge is 2.62. The van der Waals surface area contributed by atoms with E-state index >= 15 is 0 Å². The Balaban J connectivity index is 0.943. The maximum absolute atomic E-state index is 13.8. The molecule has 0 aliphatic heterocycles. The summed E-state index contributed by atoms with van der Waals surface area (Å²) in [4.78, 5) is 61.9. The molecule has 3 aromatic carbocycles. The summed E-state index contributed by atoms with van der Waals surface area (Å²) in [5.41, 5.74) is 6.78. The minimum Gasteiger partial charge on any atom is -0.480 e. The van der Waals surface area contributed by atoms with Gasteiger partial charge < -0.3 is 47.8 Å². The highest BCUT2D eigenvalue weighted by Crippen LogP contribution is 2.52. The second kappa shape index (κ2) is 18.3. The van der Waals surface area contributed by atoms with Crippen LogP contribution in [0.3, 0.4) is 0 Å². The van der Waals surface area contributed by atoms with E-state index in [1.54, 1.807) is 0 Å². The number of hydrogen-bond donors (Lipinski definition) is 9. The number of carbonyl (C=O) groups is 5. The first-order valence-electron chi connectivity index (χ1n) is 19.9. The van der Waals surface area contributed by atoms with Crippen LogP contribution in [-0.2, 0) is 25.6 Å². The van der Waals surface area contributed by atoms with E-state index in [0.717, 1.165) is 41.3 Å². The summed E-state index contributed by atoms with van der Waals surface area (Å²) >= 11 is 5.47. The summed E-state index contributed by atoms with van der Waals surface area (Å²) in [6.45, 7) is 0.276. The van der Waals surface area contributed by atoms with Crippen molar-refractivity contribution in [2.24, 2.45) is 17.6 Å². The number of hydrogen-bond acceptors (Lipinski definition) is 7.